The molecule has 0 unspecified atom stereocenters. The summed E-state index contributed by atoms with van der Waals surface area (Å²) in [6, 6.07) is 7.36. The molecule has 3 nitrogen and oxygen atoms in total. The molecule has 0 atom stereocenters. The summed E-state index contributed by atoms with van der Waals surface area (Å²) in [7, 11) is 0. The highest BCUT2D eigenvalue weighted by Gasteiger charge is 2.21. The summed E-state index contributed by atoms with van der Waals surface area (Å²) in [5.41, 5.74) is 4.51. The van der Waals surface area contributed by atoms with Crippen molar-refractivity contribution in [1.82, 2.24) is 9.78 Å². The van der Waals surface area contributed by atoms with E-state index < -0.39 is 0 Å². The number of aromatic hydroxyl groups is 1. The van der Waals surface area contributed by atoms with Crippen LogP contribution >= 0.6 is 0 Å². The summed E-state index contributed by atoms with van der Waals surface area (Å²) in [5.74, 6) is 0.291. The van der Waals surface area contributed by atoms with Crippen LogP contribution in [0, 0.1) is 6.92 Å². The van der Waals surface area contributed by atoms with Gasteiger partial charge in [-0.15, -0.1) is 0 Å². The maximum atomic E-state index is 9.84. The Morgan fingerprint density at radius 1 is 1.25 bits per heavy atom. The maximum absolute atomic E-state index is 9.84. The summed E-state index contributed by atoms with van der Waals surface area (Å²) in [5, 5.41) is 14.4. The zero-order chi connectivity index (χ0) is 11.1. The highest BCUT2D eigenvalue weighted by atomic mass is 16.3. The Bertz CT molecular complexity index is 543. The summed E-state index contributed by atoms with van der Waals surface area (Å²) in [6.07, 6.45) is 3.38. The molecule has 1 aliphatic carbocycles. The Labute approximate surface area is 94.3 Å². The van der Waals surface area contributed by atoms with Gasteiger partial charge >= 0.3 is 0 Å². The average molecular weight is 214 g/mol. The molecule has 0 bridgehead atoms. The molecule has 16 heavy (non-hydrogen) atoms. The van der Waals surface area contributed by atoms with Gasteiger partial charge in [-0.25, -0.2) is 4.68 Å². The predicted octanol–water partition coefficient (Wildman–Crippen LogP) is 2.38. The van der Waals surface area contributed by atoms with Crippen molar-refractivity contribution in [2.24, 2.45) is 0 Å². The Morgan fingerprint density at radius 3 is 2.88 bits per heavy atom. The number of aromatic nitrogens is 2. The molecule has 1 heterocycles. The molecule has 3 heteroatoms. The van der Waals surface area contributed by atoms with Crippen molar-refractivity contribution in [3.8, 4) is 11.4 Å². The lowest BCUT2D eigenvalue weighted by molar-refractivity contribution is 0.469. The van der Waals surface area contributed by atoms with E-state index in [1.165, 1.54) is 17.7 Å². The minimum absolute atomic E-state index is 0.291. The fraction of sp³-hybridized carbons (Fsp3) is 0.308. The van der Waals surface area contributed by atoms with E-state index in [2.05, 4.69) is 5.10 Å². The second-order valence-corrected chi connectivity index (χ2v) is 4.26. The number of hydrogen-bond donors (Lipinski definition) is 1. The minimum Gasteiger partial charge on any atom is -0.506 e. The van der Waals surface area contributed by atoms with Gasteiger partial charge in [0, 0.05) is 5.69 Å². The quantitative estimate of drug-likeness (QED) is 0.791. The first-order valence-electron chi connectivity index (χ1n) is 5.63. The zero-order valence-electron chi connectivity index (χ0n) is 9.27. The summed E-state index contributed by atoms with van der Waals surface area (Å²) >= 11 is 0. The smallest absolute Gasteiger partial charge is 0.141 e. The first-order chi connectivity index (χ1) is 7.77. The number of aryl methyl sites for hydroxylation is 1. The van der Waals surface area contributed by atoms with E-state index in [1.807, 2.05) is 29.8 Å². The minimum atomic E-state index is 0.291. The van der Waals surface area contributed by atoms with Crippen LogP contribution in [-0.2, 0) is 12.8 Å². The van der Waals surface area contributed by atoms with Gasteiger partial charge in [0.05, 0.1) is 5.69 Å². The monoisotopic (exact) mass is 214 g/mol. The van der Waals surface area contributed by atoms with Crippen LogP contribution < -0.4 is 0 Å². The third-order valence-corrected chi connectivity index (χ3v) is 3.24. The molecule has 0 saturated heterocycles. The maximum Gasteiger partial charge on any atom is 0.141 e. The molecule has 1 aromatic heterocycles. The third-order valence-electron chi connectivity index (χ3n) is 3.24. The van der Waals surface area contributed by atoms with Crippen molar-refractivity contribution in [3.63, 3.8) is 0 Å². The van der Waals surface area contributed by atoms with Gasteiger partial charge in [-0.3, -0.25) is 0 Å². The molecule has 0 radical (unpaired) electrons. The molecule has 1 N–H and O–H groups in total. The molecule has 0 fully saturated rings. The molecule has 1 aromatic carbocycles. The average Bonchev–Trinajstić information content (AvgIpc) is 2.84. The van der Waals surface area contributed by atoms with Crippen LogP contribution in [0.2, 0.25) is 0 Å². The molecule has 2 aromatic rings. The SMILES string of the molecule is Cc1nn(-c2ccccc2O)c2c1CCC2. The molecule has 0 saturated carbocycles. The van der Waals surface area contributed by atoms with Crippen LogP contribution in [-0.4, -0.2) is 14.9 Å². The van der Waals surface area contributed by atoms with Crippen molar-refractivity contribution < 1.29 is 5.11 Å². The number of rotatable bonds is 1. The van der Waals surface area contributed by atoms with Gasteiger partial charge in [-0.2, -0.15) is 5.10 Å². The normalized spacial score (nSPS) is 14.1. The van der Waals surface area contributed by atoms with E-state index in [0.717, 1.165) is 24.2 Å². The third kappa shape index (κ3) is 1.24. The highest BCUT2D eigenvalue weighted by Crippen LogP contribution is 2.30. The van der Waals surface area contributed by atoms with Gasteiger partial charge in [0.2, 0.25) is 0 Å². The van der Waals surface area contributed by atoms with Crippen LogP contribution in [0.3, 0.4) is 0 Å². The Hall–Kier alpha value is -1.77. The summed E-state index contributed by atoms with van der Waals surface area (Å²) < 4.78 is 1.90. The van der Waals surface area contributed by atoms with Crippen LogP contribution in [0.5, 0.6) is 5.75 Å². The highest BCUT2D eigenvalue weighted by molar-refractivity contribution is 5.48. The van der Waals surface area contributed by atoms with Crippen LogP contribution in [0.25, 0.3) is 5.69 Å². The lowest BCUT2D eigenvalue weighted by Gasteiger charge is -2.07. The lowest BCUT2D eigenvalue weighted by atomic mass is 10.2. The molecular formula is C13H14N2O. The fourth-order valence-corrected chi connectivity index (χ4v) is 2.46. The fourth-order valence-electron chi connectivity index (χ4n) is 2.46. The van der Waals surface area contributed by atoms with E-state index in [0.29, 0.717) is 5.75 Å². The number of benzene rings is 1. The topological polar surface area (TPSA) is 38.0 Å². The van der Waals surface area contributed by atoms with Crippen LogP contribution in [0.4, 0.5) is 0 Å². The van der Waals surface area contributed by atoms with Gasteiger partial charge in [-0.1, -0.05) is 12.1 Å². The zero-order valence-corrected chi connectivity index (χ0v) is 9.27. The lowest BCUT2D eigenvalue weighted by Crippen LogP contribution is -2.01. The van der Waals surface area contributed by atoms with E-state index in [9.17, 15) is 5.11 Å². The van der Waals surface area contributed by atoms with Crippen molar-refractivity contribution in [2.45, 2.75) is 26.2 Å². The largest absolute Gasteiger partial charge is 0.506 e. The van der Waals surface area contributed by atoms with E-state index in [1.54, 1.807) is 6.07 Å². The number of phenols is 1. The molecule has 1 aliphatic rings. The van der Waals surface area contributed by atoms with E-state index in [-0.39, 0.29) is 0 Å². The Balaban J connectivity index is 2.21. The van der Waals surface area contributed by atoms with E-state index >= 15 is 0 Å². The number of fused-ring (bicyclic) bond motifs is 1. The summed E-state index contributed by atoms with van der Waals surface area (Å²) in [4.78, 5) is 0. The molecule has 82 valence electrons. The van der Waals surface area contributed by atoms with Gasteiger partial charge in [0.1, 0.15) is 11.4 Å². The molecule has 0 aliphatic heterocycles. The number of para-hydroxylation sites is 2. The van der Waals surface area contributed by atoms with Crippen LogP contribution in [0.15, 0.2) is 24.3 Å². The number of nitrogens with zero attached hydrogens (tertiary/aromatic N) is 2. The summed E-state index contributed by atoms with van der Waals surface area (Å²) in [6.45, 7) is 2.04. The van der Waals surface area contributed by atoms with Gasteiger partial charge in [-0.05, 0) is 43.9 Å². The Morgan fingerprint density at radius 2 is 2.06 bits per heavy atom. The second kappa shape index (κ2) is 3.37. The Kier molecular flexibility index (Phi) is 1.99. The molecular weight excluding hydrogens is 200 g/mol. The first-order valence-corrected chi connectivity index (χ1v) is 5.63. The number of hydrogen-bond acceptors (Lipinski definition) is 2. The van der Waals surface area contributed by atoms with Crippen LogP contribution in [0.1, 0.15) is 23.4 Å². The molecule has 0 spiro atoms. The van der Waals surface area contributed by atoms with Crippen molar-refractivity contribution in [2.75, 3.05) is 0 Å². The number of phenolic OH excluding ortho intramolecular Hbond substituents is 1. The molecule has 0 amide bonds. The first kappa shape index (κ1) is 9.46. The standard InChI is InChI=1S/C13H14N2O/c1-9-10-5-4-7-11(10)15(14-9)12-6-2-3-8-13(12)16/h2-3,6,8,16H,4-5,7H2,1H3. The predicted molar refractivity (Wildman–Crippen MR) is 62.0 cm³/mol. The van der Waals surface area contributed by atoms with Gasteiger partial charge < -0.3 is 5.11 Å². The van der Waals surface area contributed by atoms with Crippen molar-refractivity contribution >= 4 is 0 Å². The van der Waals surface area contributed by atoms with Gasteiger partial charge in [0.15, 0.2) is 0 Å². The molecule has 3 rings (SSSR count). The van der Waals surface area contributed by atoms with Crippen molar-refractivity contribution in [1.29, 1.82) is 0 Å². The van der Waals surface area contributed by atoms with E-state index in [4.69, 9.17) is 0 Å². The second-order valence-electron chi connectivity index (χ2n) is 4.26. The van der Waals surface area contributed by atoms with Gasteiger partial charge in [0.25, 0.3) is 0 Å². The van der Waals surface area contributed by atoms with Crippen molar-refractivity contribution in [3.05, 3.63) is 41.2 Å².